The fraction of sp³-hybridized carbons (Fsp3) is 0.400. The lowest BCUT2D eigenvalue weighted by atomic mass is 9.94. The third-order valence-electron chi connectivity index (χ3n) is 6.54. The Hall–Kier alpha value is -3.23. The second-order valence-corrected chi connectivity index (χ2v) is 8.89. The molecule has 2 N–H and O–H groups in total. The average molecular weight is 447 g/mol. The largest absolute Gasteiger partial charge is 0.508 e. The zero-order chi connectivity index (χ0) is 22.8. The fourth-order valence-electron chi connectivity index (χ4n) is 4.63. The van der Waals surface area contributed by atoms with Crippen LogP contribution in [0.15, 0.2) is 48.5 Å². The Balaban J connectivity index is 1.58. The molecule has 1 saturated heterocycles. The van der Waals surface area contributed by atoms with E-state index in [0.717, 1.165) is 44.6 Å². The molecule has 3 heterocycles. The van der Waals surface area contributed by atoms with Gasteiger partial charge in [-0.25, -0.2) is 0 Å². The number of phenols is 1. The number of hydrogen-bond donors (Lipinski definition) is 2. The van der Waals surface area contributed by atoms with Gasteiger partial charge in [-0.1, -0.05) is 36.4 Å². The van der Waals surface area contributed by atoms with Gasteiger partial charge in [0.05, 0.1) is 12.6 Å². The van der Waals surface area contributed by atoms with Gasteiger partial charge in [0.25, 0.3) is 0 Å². The van der Waals surface area contributed by atoms with Crippen LogP contribution >= 0.6 is 0 Å². The Morgan fingerprint density at radius 3 is 2.55 bits per heavy atom. The minimum absolute atomic E-state index is 0.0192. The Morgan fingerprint density at radius 2 is 1.73 bits per heavy atom. The highest BCUT2D eigenvalue weighted by atomic mass is 16.3. The van der Waals surface area contributed by atoms with Crippen molar-refractivity contribution < 1.29 is 10.2 Å². The molecule has 8 nitrogen and oxygen atoms in total. The summed E-state index contributed by atoms with van der Waals surface area (Å²) in [5, 5.41) is 20.2. The predicted octanol–water partition coefficient (Wildman–Crippen LogP) is 2.31. The molecule has 0 amide bonds. The van der Waals surface area contributed by atoms with Crippen molar-refractivity contribution in [2.75, 3.05) is 49.6 Å². The molecule has 0 saturated carbocycles. The number of fused-ring (bicyclic) bond motifs is 1. The summed E-state index contributed by atoms with van der Waals surface area (Å²) >= 11 is 0. The molecule has 33 heavy (non-hydrogen) atoms. The number of likely N-dealkylation sites (N-methyl/N-ethyl adjacent to an activating group) is 1. The zero-order valence-electron chi connectivity index (χ0n) is 18.9. The van der Waals surface area contributed by atoms with E-state index in [2.05, 4.69) is 33.9 Å². The van der Waals surface area contributed by atoms with E-state index in [1.807, 2.05) is 18.2 Å². The first-order valence-electron chi connectivity index (χ1n) is 11.5. The quantitative estimate of drug-likeness (QED) is 0.631. The molecule has 0 unspecified atom stereocenters. The summed E-state index contributed by atoms with van der Waals surface area (Å²) in [5.74, 6) is 1.90. The maximum Gasteiger partial charge on any atom is 0.231 e. The lowest BCUT2D eigenvalue weighted by Gasteiger charge is -2.36. The lowest BCUT2D eigenvalue weighted by molar-refractivity contribution is 0.252. The SMILES string of the molecule is CN1CCCN(c2nc(-c3cccc(O)c3)nc(N3Cc4ccccc4C[C@@H]3CO)n2)CC1. The van der Waals surface area contributed by atoms with Gasteiger partial charge >= 0.3 is 0 Å². The molecule has 3 aromatic rings. The molecular weight excluding hydrogens is 416 g/mol. The summed E-state index contributed by atoms with van der Waals surface area (Å²) in [6.07, 6.45) is 1.78. The molecule has 172 valence electrons. The van der Waals surface area contributed by atoms with Crippen LogP contribution in [-0.4, -0.2) is 75.9 Å². The van der Waals surface area contributed by atoms with E-state index in [0.29, 0.717) is 24.3 Å². The summed E-state index contributed by atoms with van der Waals surface area (Å²) in [7, 11) is 2.14. The highest BCUT2D eigenvalue weighted by Crippen LogP contribution is 2.30. The second-order valence-electron chi connectivity index (χ2n) is 8.89. The number of rotatable bonds is 4. The molecule has 1 fully saturated rings. The normalized spacial score (nSPS) is 19.3. The Labute approximate surface area is 194 Å². The van der Waals surface area contributed by atoms with Crippen LogP contribution in [0.4, 0.5) is 11.9 Å². The molecule has 8 heteroatoms. The van der Waals surface area contributed by atoms with E-state index < -0.39 is 0 Å². The monoisotopic (exact) mass is 446 g/mol. The van der Waals surface area contributed by atoms with Gasteiger partial charge < -0.3 is 24.9 Å². The highest BCUT2D eigenvalue weighted by molar-refractivity contribution is 5.61. The van der Waals surface area contributed by atoms with Crippen LogP contribution in [0, 0.1) is 0 Å². The number of anilines is 2. The van der Waals surface area contributed by atoms with Crippen molar-refractivity contribution >= 4 is 11.9 Å². The molecule has 0 spiro atoms. The molecular formula is C25H30N6O2. The number of aliphatic hydroxyl groups is 1. The number of aromatic hydroxyl groups is 1. The van der Waals surface area contributed by atoms with E-state index in [9.17, 15) is 10.2 Å². The maximum absolute atomic E-state index is 10.2. The molecule has 1 atom stereocenters. The Bertz CT molecular complexity index is 1120. The van der Waals surface area contributed by atoms with Crippen LogP contribution in [0.25, 0.3) is 11.4 Å². The maximum atomic E-state index is 10.2. The Kier molecular flexibility index (Phi) is 6.11. The Morgan fingerprint density at radius 1 is 0.909 bits per heavy atom. The van der Waals surface area contributed by atoms with Crippen LogP contribution in [0.5, 0.6) is 5.75 Å². The van der Waals surface area contributed by atoms with E-state index in [1.54, 1.807) is 18.2 Å². The van der Waals surface area contributed by atoms with Crippen molar-refractivity contribution in [2.24, 2.45) is 0 Å². The van der Waals surface area contributed by atoms with Gasteiger partial charge in [0.2, 0.25) is 11.9 Å². The minimum Gasteiger partial charge on any atom is -0.508 e. The first-order valence-corrected chi connectivity index (χ1v) is 11.5. The van der Waals surface area contributed by atoms with Crippen molar-refractivity contribution in [1.82, 2.24) is 19.9 Å². The van der Waals surface area contributed by atoms with Gasteiger partial charge in [-0.05, 0) is 49.7 Å². The summed E-state index contributed by atoms with van der Waals surface area (Å²) in [5.41, 5.74) is 3.22. The molecule has 1 aromatic heterocycles. The van der Waals surface area contributed by atoms with Crippen molar-refractivity contribution in [3.63, 3.8) is 0 Å². The predicted molar refractivity (Wildman–Crippen MR) is 128 cm³/mol. The molecule has 2 aromatic carbocycles. The van der Waals surface area contributed by atoms with Gasteiger partial charge in [0, 0.05) is 31.7 Å². The molecule has 0 aliphatic carbocycles. The first kappa shape index (κ1) is 21.6. The van der Waals surface area contributed by atoms with Gasteiger partial charge in [-0.3, -0.25) is 0 Å². The number of benzene rings is 2. The first-order chi connectivity index (χ1) is 16.1. The van der Waals surface area contributed by atoms with E-state index in [-0.39, 0.29) is 18.4 Å². The molecule has 2 aliphatic heterocycles. The van der Waals surface area contributed by atoms with Gasteiger partial charge in [-0.2, -0.15) is 15.0 Å². The van der Waals surface area contributed by atoms with E-state index in [1.165, 1.54) is 11.1 Å². The third kappa shape index (κ3) is 4.62. The molecule has 2 aliphatic rings. The molecule has 0 bridgehead atoms. The second kappa shape index (κ2) is 9.33. The standard InChI is InChI=1S/C25H30N6O2/c1-29-10-5-11-30(13-12-29)24-26-23(19-8-4-9-22(33)15-19)27-25(28-24)31-16-20-7-3-2-6-18(20)14-21(31)17-32/h2-4,6-9,15,21,32-33H,5,10-14,16-17H2,1H3/t21-/m1/s1. The number of nitrogens with zero attached hydrogens (tertiary/aromatic N) is 6. The third-order valence-corrected chi connectivity index (χ3v) is 6.54. The van der Waals surface area contributed by atoms with Crippen molar-refractivity contribution in [3.05, 3.63) is 59.7 Å². The van der Waals surface area contributed by atoms with Crippen LogP contribution in [-0.2, 0) is 13.0 Å². The van der Waals surface area contributed by atoms with Crippen LogP contribution in [0.3, 0.4) is 0 Å². The zero-order valence-corrected chi connectivity index (χ0v) is 18.9. The van der Waals surface area contributed by atoms with Gasteiger partial charge in [-0.15, -0.1) is 0 Å². The summed E-state index contributed by atoms with van der Waals surface area (Å²) < 4.78 is 0. The fourth-order valence-corrected chi connectivity index (χ4v) is 4.63. The minimum atomic E-state index is -0.109. The average Bonchev–Trinajstić information content (AvgIpc) is 3.07. The summed E-state index contributed by atoms with van der Waals surface area (Å²) in [6.45, 7) is 4.35. The van der Waals surface area contributed by atoms with E-state index in [4.69, 9.17) is 15.0 Å². The van der Waals surface area contributed by atoms with Gasteiger partial charge in [0.1, 0.15) is 5.75 Å². The number of aliphatic hydroxyl groups excluding tert-OH is 1. The number of hydrogen-bond acceptors (Lipinski definition) is 8. The lowest BCUT2D eigenvalue weighted by Crippen LogP contribution is -2.44. The molecule has 5 rings (SSSR count). The smallest absolute Gasteiger partial charge is 0.231 e. The topological polar surface area (TPSA) is 88.9 Å². The van der Waals surface area contributed by atoms with Crippen LogP contribution in [0.1, 0.15) is 17.5 Å². The molecule has 0 radical (unpaired) electrons. The van der Waals surface area contributed by atoms with Crippen molar-refractivity contribution in [3.8, 4) is 17.1 Å². The van der Waals surface area contributed by atoms with Crippen LogP contribution < -0.4 is 9.80 Å². The summed E-state index contributed by atoms with van der Waals surface area (Å²) in [4.78, 5) is 21.2. The number of aromatic nitrogens is 3. The van der Waals surface area contributed by atoms with Crippen LogP contribution in [0.2, 0.25) is 0 Å². The van der Waals surface area contributed by atoms with Crippen molar-refractivity contribution in [1.29, 1.82) is 0 Å². The van der Waals surface area contributed by atoms with E-state index >= 15 is 0 Å². The van der Waals surface area contributed by atoms with Crippen molar-refractivity contribution in [2.45, 2.75) is 25.4 Å². The number of phenolic OH excluding ortho intramolecular Hbond substituents is 1. The highest BCUT2D eigenvalue weighted by Gasteiger charge is 2.29. The summed E-state index contributed by atoms with van der Waals surface area (Å²) in [6, 6.07) is 15.2. The van der Waals surface area contributed by atoms with Gasteiger partial charge in [0.15, 0.2) is 5.82 Å².